The van der Waals surface area contributed by atoms with Crippen LogP contribution in [0.4, 0.5) is 5.69 Å². The Morgan fingerprint density at radius 2 is 1.86 bits per heavy atom. The van der Waals surface area contributed by atoms with Crippen LogP contribution in [0.25, 0.3) is 0 Å². The van der Waals surface area contributed by atoms with E-state index in [1.54, 1.807) is 0 Å². The summed E-state index contributed by atoms with van der Waals surface area (Å²) >= 11 is 3.19. The van der Waals surface area contributed by atoms with E-state index in [0.717, 1.165) is 10.6 Å². The molecule has 10 heteroatoms. The van der Waals surface area contributed by atoms with Crippen molar-refractivity contribution in [2.75, 3.05) is 38.4 Å². The van der Waals surface area contributed by atoms with E-state index in [0.29, 0.717) is 4.47 Å². The molecule has 0 atom stereocenters. The summed E-state index contributed by atoms with van der Waals surface area (Å²) in [5, 5.41) is 0. The van der Waals surface area contributed by atoms with Gasteiger partial charge in [0, 0.05) is 30.0 Å². The zero-order valence-electron chi connectivity index (χ0n) is 11.8. The molecule has 0 bridgehead atoms. The number of rotatable bonds is 6. The zero-order chi connectivity index (χ0) is 16.4. The first-order chi connectivity index (χ1) is 9.49. The van der Waals surface area contributed by atoms with E-state index in [4.69, 9.17) is 10.5 Å². The van der Waals surface area contributed by atoms with Gasteiger partial charge < -0.3 is 10.5 Å². The van der Waals surface area contributed by atoms with Crippen molar-refractivity contribution in [2.45, 2.75) is 4.90 Å². The Kier molecular flexibility index (Phi) is 5.64. The quantitative estimate of drug-likeness (QED) is 0.704. The minimum absolute atomic E-state index is 0.110. The highest BCUT2D eigenvalue weighted by atomic mass is 79.9. The molecule has 0 radical (unpaired) electrons. The summed E-state index contributed by atoms with van der Waals surface area (Å²) in [7, 11) is -4.52. The monoisotopic (exact) mass is 400 g/mol. The summed E-state index contributed by atoms with van der Waals surface area (Å²) in [6.07, 6.45) is 1.05. The fraction of sp³-hybridized carbons (Fsp3) is 0.455. The highest BCUT2D eigenvalue weighted by Gasteiger charge is 2.26. The summed E-state index contributed by atoms with van der Waals surface area (Å²) < 4.78 is 53.8. The third-order valence-corrected chi connectivity index (χ3v) is 6.24. The second-order valence-corrected chi connectivity index (χ2v) is 9.61. The standard InChI is InChI=1S/C11H17BrN2O5S2/c1-14(4-5-20(3,15)16)21(17,18)11-7-9(13)8(12)6-10(11)19-2/h6-7H,4-5,13H2,1-3H3. The van der Waals surface area contributed by atoms with Gasteiger partial charge in [-0.2, -0.15) is 4.31 Å². The highest BCUT2D eigenvalue weighted by molar-refractivity contribution is 9.10. The van der Waals surface area contributed by atoms with E-state index in [1.807, 2.05) is 0 Å². The normalized spacial score (nSPS) is 12.6. The van der Waals surface area contributed by atoms with Crippen molar-refractivity contribution in [3.63, 3.8) is 0 Å². The van der Waals surface area contributed by atoms with Gasteiger partial charge >= 0.3 is 0 Å². The molecule has 0 saturated carbocycles. The van der Waals surface area contributed by atoms with Gasteiger partial charge in [-0.15, -0.1) is 0 Å². The van der Waals surface area contributed by atoms with Crippen molar-refractivity contribution in [1.29, 1.82) is 0 Å². The van der Waals surface area contributed by atoms with Crippen LogP contribution in [-0.4, -0.2) is 53.9 Å². The molecule has 1 rings (SSSR count). The second-order valence-electron chi connectivity index (χ2n) is 4.48. The van der Waals surface area contributed by atoms with E-state index in [9.17, 15) is 16.8 Å². The first-order valence-electron chi connectivity index (χ1n) is 5.76. The number of halogens is 1. The van der Waals surface area contributed by atoms with Crippen LogP contribution in [0.3, 0.4) is 0 Å². The molecule has 2 N–H and O–H groups in total. The molecule has 0 amide bonds. The maximum Gasteiger partial charge on any atom is 0.246 e. The number of sulfonamides is 1. The van der Waals surface area contributed by atoms with Crippen LogP contribution in [0, 0.1) is 0 Å². The molecule has 21 heavy (non-hydrogen) atoms. The zero-order valence-corrected chi connectivity index (χ0v) is 15.0. The van der Waals surface area contributed by atoms with Gasteiger partial charge in [0.2, 0.25) is 10.0 Å². The van der Waals surface area contributed by atoms with Crippen LogP contribution in [0.1, 0.15) is 0 Å². The Labute approximate surface area is 133 Å². The SMILES string of the molecule is COc1cc(Br)c(N)cc1S(=O)(=O)N(C)CCS(C)(=O)=O. The number of hydrogen-bond acceptors (Lipinski definition) is 6. The number of hydrogen-bond donors (Lipinski definition) is 1. The van der Waals surface area contributed by atoms with Gasteiger partial charge in [0.05, 0.1) is 12.9 Å². The Morgan fingerprint density at radius 1 is 1.29 bits per heavy atom. The average molecular weight is 401 g/mol. The van der Waals surface area contributed by atoms with Gasteiger partial charge in [0.15, 0.2) is 0 Å². The van der Waals surface area contributed by atoms with E-state index < -0.39 is 19.9 Å². The largest absolute Gasteiger partial charge is 0.495 e. The maximum absolute atomic E-state index is 12.5. The third-order valence-electron chi connectivity index (χ3n) is 2.75. The van der Waals surface area contributed by atoms with Gasteiger partial charge in [-0.1, -0.05) is 0 Å². The summed E-state index contributed by atoms with van der Waals surface area (Å²) in [6, 6.07) is 2.72. The molecule has 0 unspecified atom stereocenters. The predicted octanol–water partition coefficient (Wildman–Crippen LogP) is 0.705. The van der Waals surface area contributed by atoms with Crippen LogP contribution in [0.2, 0.25) is 0 Å². The number of anilines is 1. The molecular formula is C11H17BrN2O5S2. The summed E-state index contributed by atoms with van der Waals surface area (Å²) in [6.45, 7) is -0.152. The molecule has 0 saturated heterocycles. The number of nitrogens with zero attached hydrogens (tertiary/aromatic N) is 1. The molecule has 0 fully saturated rings. The fourth-order valence-electron chi connectivity index (χ4n) is 1.49. The van der Waals surface area contributed by atoms with Crippen molar-refractivity contribution in [3.05, 3.63) is 16.6 Å². The van der Waals surface area contributed by atoms with Crippen LogP contribution < -0.4 is 10.5 Å². The van der Waals surface area contributed by atoms with Crippen LogP contribution in [0.5, 0.6) is 5.75 Å². The van der Waals surface area contributed by atoms with Crippen molar-refractivity contribution in [2.24, 2.45) is 0 Å². The average Bonchev–Trinajstić information content (AvgIpc) is 2.37. The molecule has 0 heterocycles. The predicted molar refractivity (Wildman–Crippen MR) is 84.6 cm³/mol. The van der Waals surface area contributed by atoms with Gasteiger partial charge in [0.1, 0.15) is 20.5 Å². The molecule has 0 aliphatic rings. The molecule has 7 nitrogen and oxygen atoms in total. The van der Waals surface area contributed by atoms with Crippen LogP contribution >= 0.6 is 15.9 Å². The van der Waals surface area contributed by atoms with Crippen molar-refractivity contribution in [1.82, 2.24) is 4.31 Å². The Balaban J connectivity index is 3.21. The molecular weight excluding hydrogens is 384 g/mol. The van der Waals surface area contributed by atoms with Crippen molar-refractivity contribution >= 4 is 41.5 Å². The van der Waals surface area contributed by atoms with Gasteiger partial charge in [0.25, 0.3) is 0 Å². The van der Waals surface area contributed by atoms with Crippen molar-refractivity contribution in [3.8, 4) is 5.75 Å². The number of nitrogen functional groups attached to an aromatic ring is 1. The molecule has 120 valence electrons. The minimum atomic E-state index is -3.90. The molecule has 0 aliphatic heterocycles. The van der Waals surface area contributed by atoms with Crippen molar-refractivity contribution < 1.29 is 21.6 Å². The molecule has 0 aliphatic carbocycles. The van der Waals surface area contributed by atoms with Crippen LogP contribution in [0.15, 0.2) is 21.5 Å². The lowest BCUT2D eigenvalue weighted by Crippen LogP contribution is -2.31. The first-order valence-corrected chi connectivity index (χ1v) is 10.1. The summed E-state index contributed by atoms with van der Waals surface area (Å²) in [5.41, 5.74) is 5.94. The van der Waals surface area contributed by atoms with Gasteiger partial charge in [-0.05, 0) is 28.1 Å². The molecule has 0 aromatic heterocycles. The first kappa shape index (κ1) is 18.2. The van der Waals surface area contributed by atoms with E-state index in [1.165, 1.54) is 26.3 Å². The van der Waals surface area contributed by atoms with Crippen LogP contribution in [-0.2, 0) is 19.9 Å². The number of methoxy groups -OCH3 is 1. The topological polar surface area (TPSA) is 107 Å². The number of sulfone groups is 1. The van der Waals surface area contributed by atoms with E-state index in [-0.39, 0.29) is 28.6 Å². The third kappa shape index (κ3) is 4.56. The lowest BCUT2D eigenvalue weighted by Gasteiger charge is -2.19. The highest BCUT2D eigenvalue weighted by Crippen LogP contribution is 2.33. The Morgan fingerprint density at radius 3 is 2.33 bits per heavy atom. The van der Waals surface area contributed by atoms with E-state index >= 15 is 0 Å². The minimum Gasteiger partial charge on any atom is -0.495 e. The maximum atomic E-state index is 12.5. The summed E-state index contributed by atoms with van der Waals surface area (Å²) in [5.74, 6) is -0.140. The molecule has 1 aromatic rings. The lowest BCUT2D eigenvalue weighted by molar-refractivity contribution is 0.399. The van der Waals surface area contributed by atoms with Gasteiger partial charge in [-0.3, -0.25) is 0 Å². The smallest absolute Gasteiger partial charge is 0.246 e. The fourth-order valence-corrected chi connectivity index (χ4v) is 3.88. The Bertz CT molecular complexity index is 731. The van der Waals surface area contributed by atoms with Gasteiger partial charge in [-0.25, -0.2) is 16.8 Å². The molecule has 0 spiro atoms. The van der Waals surface area contributed by atoms with E-state index in [2.05, 4.69) is 15.9 Å². The number of ether oxygens (including phenoxy) is 1. The molecule has 1 aromatic carbocycles. The lowest BCUT2D eigenvalue weighted by atomic mass is 10.3. The second kappa shape index (κ2) is 6.51. The number of nitrogens with two attached hydrogens (primary N) is 1. The summed E-state index contributed by atoms with van der Waals surface area (Å²) in [4.78, 5) is -0.110. The number of benzene rings is 1. The Hall–Kier alpha value is -0.840.